The standard InChI is InChI=1S/C49H48O2/c1-29-25-27-33(31(3)43(29)35-17-15-21-39-45(35)50-41-23-13-11-19-37(41)47(39,5)6)34-28-26-30(2)44(32(34)4)36-18-16-22-40-46(36)51-42-24-14-12-20-38(42)48(7,8)49(40,9)10/h11-28H,1-10H3/i1D3,2D3,3D3,4D3,5D3,6D3,7D3,8D3,9D3,10D3. The van der Waals surface area contributed by atoms with Crippen molar-refractivity contribution in [3.63, 3.8) is 0 Å². The summed E-state index contributed by atoms with van der Waals surface area (Å²) in [6.07, 6.45) is 0. The maximum Gasteiger partial charge on any atom is 0.139 e. The summed E-state index contributed by atoms with van der Waals surface area (Å²) < 4.78 is 282. The second-order valence-corrected chi connectivity index (χ2v) is 12.6. The first-order valence-electron chi connectivity index (χ1n) is 30.8. The summed E-state index contributed by atoms with van der Waals surface area (Å²) in [7, 11) is 0. The fourth-order valence-electron chi connectivity index (χ4n) is 6.99. The first-order valence-corrected chi connectivity index (χ1v) is 15.8. The second kappa shape index (κ2) is 11.5. The van der Waals surface area contributed by atoms with Crippen molar-refractivity contribution in [3.05, 3.63) is 154 Å². The average molecular weight is 699 g/mol. The van der Waals surface area contributed by atoms with Gasteiger partial charge in [-0.1, -0.05) is 138 Å². The first kappa shape index (κ1) is 13.5. The van der Waals surface area contributed by atoms with Gasteiger partial charge in [-0.15, -0.1) is 0 Å². The van der Waals surface area contributed by atoms with E-state index in [1.807, 2.05) is 0 Å². The Balaban J connectivity index is 1.62. The van der Waals surface area contributed by atoms with Crippen LogP contribution in [0.1, 0.15) is 127 Å². The van der Waals surface area contributed by atoms with E-state index in [0.29, 0.717) is 0 Å². The number of aryl methyl sites for hydroxylation is 2. The predicted molar refractivity (Wildman–Crippen MR) is 213 cm³/mol. The minimum atomic E-state index is -4.19. The van der Waals surface area contributed by atoms with Gasteiger partial charge in [-0.05, 0) is 84.0 Å². The molecule has 8 rings (SSSR count). The molecular weight excluding hydrogens is 621 g/mol. The number of hydrogen-bond acceptors (Lipinski definition) is 2. The van der Waals surface area contributed by atoms with Gasteiger partial charge < -0.3 is 9.47 Å². The summed E-state index contributed by atoms with van der Waals surface area (Å²) in [5.74, 6) is -2.69. The zero-order valence-electron chi connectivity index (χ0n) is 56.7. The van der Waals surface area contributed by atoms with Gasteiger partial charge in [0.2, 0.25) is 0 Å². The van der Waals surface area contributed by atoms with E-state index in [0.717, 1.165) is 78.9 Å². The summed E-state index contributed by atoms with van der Waals surface area (Å²) >= 11 is 0. The maximum absolute atomic E-state index is 9.22. The fraction of sp³-hybridized carbons (Fsp3) is 0.265. The fourth-order valence-corrected chi connectivity index (χ4v) is 6.99. The average Bonchev–Trinajstić information content (AvgIpc) is 3.74. The van der Waals surface area contributed by atoms with Gasteiger partial charge in [-0.3, -0.25) is 0 Å². The Kier molecular flexibility index (Phi) is 3.03. The molecule has 6 aromatic rings. The van der Waals surface area contributed by atoms with Gasteiger partial charge in [0.15, 0.2) is 0 Å². The topological polar surface area (TPSA) is 18.5 Å². The molecule has 2 heterocycles. The summed E-state index contributed by atoms with van der Waals surface area (Å²) in [5.41, 5.74) is -21.9. The van der Waals surface area contributed by atoms with Crippen molar-refractivity contribution in [3.8, 4) is 56.4 Å². The van der Waals surface area contributed by atoms with Crippen LogP contribution in [0.2, 0.25) is 0 Å². The Hall–Kier alpha value is -5.08. The van der Waals surface area contributed by atoms with Crippen molar-refractivity contribution in [2.45, 2.75) is 84.8 Å². The molecule has 2 aliphatic rings. The molecule has 6 aromatic carbocycles. The molecule has 0 aromatic heterocycles. The zero-order chi connectivity index (χ0) is 61.0. The lowest BCUT2D eigenvalue weighted by Crippen LogP contribution is -2.39. The van der Waals surface area contributed by atoms with Crippen LogP contribution in [0.5, 0.6) is 23.0 Å². The highest BCUT2D eigenvalue weighted by Crippen LogP contribution is 2.56. The normalized spacial score (nSPS) is 27.2. The Morgan fingerprint density at radius 2 is 0.902 bits per heavy atom. The Morgan fingerprint density at radius 1 is 0.412 bits per heavy atom. The van der Waals surface area contributed by atoms with Crippen LogP contribution >= 0.6 is 0 Å². The minimum Gasteiger partial charge on any atom is -0.456 e. The molecule has 0 fully saturated rings. The molecule has 2 nitrogen and oxygen atoms in total. The smallest absolute Gasteiger partial charge is 0.139 e. The molecule has 0 N–H and O–H groups in total. The first-order chi connectivity index (χ1) is 36.6. The van der Waals surface area contributed by atoms with Crippen molar-refractivity contribution in [1.82, 2.24) is 0 Å². The van der Waals surface area contributed by atoms with E-state index in [-0.39, 0.29) is 11.3 Å². The van der Waals surface area contributed by atoms with Crippen LogP contribution in [0.15, 0.2) is 109 Å². The number of rotatable bonds is 3. The van der Waals surface area contributed by atoms with E-state index >= 15 is 0 Å². The number of para-hydroxylation sites is 4. The van der Waals surface area contributed by atoms with E-state index in [1.54, 1.807) is 0 Å². The van der Waals surface area contributed by atoms with Gasteiger partial charge in [0.05, 0.1) is 0 Å². The van der Waals surface area contributed by atoms with Crippen molar-refractivity contribution >= 4 is 0 Å². The second-order valence-electron chi connectivity index (χ2n) is 12.6. The van der Waals surface area contributed by atoms with Gasteiger partial charge in [0.1, 0.15) is 23.0 Å². The van der Waals surface area contributed by atoms with Gasteiger partial charge in [0, 0.05) is 90.7 Å². The van der Waals surface area contributed by atoms with Crippen molar-refractivity contribution in [2.24, 2.45) is 0 Å². The molecule has 51 heavy (non-hydrogen) atoms. The van der Waals surface area contributed by atoms with Crippen LogP contribution in [-0.2, 0) is 16.2 Å². The van der Waals surface area contributed by atoms with Crippen LogP contribution < -0.4 is 9.47 Å². The molecule has 0 bridgehead atoms. The largest absolute Gasteiger partial charge is 0.456 e. The molecule has 0 amide bonds. The quantitative estimate of drug-likeness (QED) is 0.183. The number of ether oxygens (including phenoxy) is 2. The minimum absolute atomic E-state index is 0.316. The lowest BCUT2D eigenvalue weighted by Gasteiger charge is -2.41. The molecule has 0 unspecified atom stereocenters. The Morgan fingerprint density at radius 3 is 1.45 bits per heavy atom. The molecule has 0 saturated carbocycles. The van der Waals surface area contributed by atoms with Crippen molar-refractivity contribution in [1.29, 1.82) is 0 Å². The summed E-state index contributed by atoms with van der Waals surface area (Å²) in [6.45, 7) is -37.4. The third-order valence-corrected chi connectivity index (χ3v) is 9.65. The predicted octanol–water partition coefficient (Wildman–Crippen LogP) is 13.7. The highest BCUT2D eigenvalue weighted by atomic mass is 16.5. The SMILES string of the molecule is [2H]C([2H])([2H])c1ccc(-c2ccc(C([2H])([2H])[2H])c(-c3cccc4c3Oc3ccccc3C(C([2H])([2H])[2H])(C([2H])([2H])[2H])C4(C([2H])([2H])[2H])C([2H])([2H])[2H])c2C([2H])([2H])[2H])c(C([2H])([2H])[2H])c1-c1cccc2c1Oc1ccccc1C2(C([2H])([2H])[2H])C([2H])([2H])[2H]. The summed E-state index contributed by atoms with van der Waals surface area (Å²) in [6, 6.07) is 19.1. The van der Waals surface area contributed by atoms with Gasteiger partial charge in [0.25, 0.3) is 0 Å². The van der Waals surface area contributed by atoms with Crippen LogP contribution in [0.4, 0.5) is 0 Å². The molecule has 0 atom stereocenters. The van der Waals surface area contributed by atoms with E-state index in [2.05, 4.69) is 0 Å². The van der Waals surface area contributed by atoms with E-state index < -0.39 is 174 Å². The highest BCUT2D eigenvalue weighted by Gasteiger charge is 2.45. The van der Waals surface area contributed by atoms with Crippen molar-refractivity contribution in [2.75, 3.05) is 0 Å². The summed E-state index contributed by atoms with van der Waals surface area (Å²) in [4.78, 5) is 0. The van der Waals surface area contributed by atoms with Crippen LogP contribution in [0.3, 0.4) is 0 Å². The van der Waals surface area contributed by atoms with Crippen LogP contribution in [0.25, 0.3) is 33.4 Å². The lowest BCUT2D eigenvalue weighted by molar-refractivity contribution is 0.306. The zero-order valence-corrected chi connectivity index (χ0v) is 26.7. The lowest BCUT2D eigenvalue weighted by atomic mass is 9.61. The van der Waals surface area contributed by atoms with E-state index in [9.17, 15) is 8.22 Å². The molecular formula is C49H48O2. The molecule has 0 aliphatic carbocycles. The number of hydrogen-bond donors (Lipinski definition) is 0. The Labute approximate surface area is 346 Å². The summed E-state index contributed by atoms with van der Waals surface area (Å²) in [5, 5.41) is 0. The molecule has 0 spiro atoms. The third-order valence-electron chi connectivity index (χ3n) is 9.65. The van der Waals surface area contributed by atoms with Crippen LogP contribution in [0, 0.1) is 27.4 Å². The monoisotopic (exact) mass is 699 g/mol. The molecule has 256 valence electrons. The number of benzene rings is 6. The van der Waals surface area contributed by atoms with Crippen molar-refractivity contribution < 1.29 is 50.6 Å². The Bertz CT molecular complexity index is 3420. The molecule has 2 aliphatic heterocycles. The molecule has 0 saturated heterocycles. The maximum atomic E-state index is 9.22. The van der Waals surface area contributed by atoms with Crippen LogP contribution in [-0.4, -0.2) is 0 Å². The molecule has 0 radical (unpaired) electrons. The highest BCUT2D eigenvalue weighted by molar-refractivity contribution is 5.89. The van der Waals surface area contributed by atoms with Gasteiger partial charge in [-0.2, -0.15) is 0 Å². The third kappa shape index (κ3) is 4.75. The van der Waals surface area contributed by atoms with E-state index in [1.165, 1.54) is 30.3 Å². The number of fused-ring (bicyclic) bond motifs is 4. The van der Waals surface area contributed by atoms with Gasteiger partial charge >= 0.3 is 0 Å². The van der Waals surface area contributed by atoms with Gasteiger partial charge in [-0.25, -0.2) is 0 Å². The molecule has 2 heteroatoms. The van der Waals surface area contributed by atoms with E-state index in [4.69, 9.17) is 42.4 Å².